The average molecular weight is 170 g/mol. The largest absolute Gasteiger partial charge is 0.378 e. The molecule has 1 aromatic carbocycles. The molecule has 0 bridgehead atoms. The van der Waals surface area contributed by atoms with E-state index in [1.165, 1.54) is 12.1 Å². The van der Waals surface area contributed by atoms with Gasteiger partial charge in [0.15, 0.2) is 5.17 Å². The monoisotopic (exact) mass is 170 g/mol. The van der Waals surface area contributed by atoms with Crippen molar-refractivity contribution in [1.82, 2.24) is 0 Å². The van der Waals surface area contributed by atoms with E-state index in [2.05, 4.69) is 0 Å². The molecule has 1 rings (SSSR count). The van der Waals surface area contributed by atoms with Gasteiger partial charge in [-0.05, 0) is 24.3 Å². The topological polar surface area (TPSA) is 49.9 Å². The summed E-state index contributed by atoms with van der Waals surface area (Å²) in [4.78, 5) is 0.777. The molecular weight excluding hydrogens is 163 g/mol. The van der Waals surface area contributed by atoms with Crippen LogP contribution in [0.2, 0.25) is 0 Å². The Bertz CT molecular complexity index is 258. The Hall–Kier alpha value is -1.03. The van der Waals surface area contributed by atoms with Crippen molar-refractivity contribution in [3.63, 3.8) is 0 Å². The van der Waals surface area contributed by atoms with Crippen LogP contribution in [-0.4, -0.2) is 5.17 Å². The highest BCUT2D eigenvalue weighted by atomic mass is 32.2. The Kier molecular flexibility index (Phi) is 2.48. The minimum atomic E-state index is -0.280. The van der Waals surface area contributed by atoms with E-state index >= 15 is 0 Å². The Balaban J connectivity index is 2.74. The van der Waals surface area contributed by atoms with Gasteiger partial charge in [-0.2, -0.15) is 0 Å². The summed E-state index contributed by atoms with van der Waals surface area (Å²) >= 11 is 1.10. The van der Waals surface area contributed by atoms with Crippen molar-refractivity contribution in [2.75, 3.05) is 0 Å². The number of halogens is 1. The minimum absolute atomic E-state index is 0.0107. The van der Waals surface area contributed by atoms with Gasteiger partial charge in [-0.3, -0.25) is 5.41 Å². The quantitative estimate of drug-likeness (QED) is 0.383. The zero-order valence-corrected chi connectivity index (χ0v) is 6.49. The summed E-state index contributed by atoms with van der Waals surface area (Å²) in [6.07, 6.45) is 0. The van der Waals surface area contributed by atoms with Gasteiger partial charge in [-0.15, -0.1) is 0 Å². The lowest BCUT2D eigenvalue weighted by molar-refractivity contribution is 0.626. The Morgan fingerprint density at radius 3 is 2.36 bits per heavy atom. The predicted molar refractivity (Wildman–Crippen MR) is 44.2 cm³/mol. The SMILES string of the molecule is N=C(N)Sc1ccc(F)cc1. The van der Waals surface area contributed by atoms with Crippen molar-refractivity contribution in [2.24, 2.45) is 5.73 Å². The summed E-state index contributed by atoms with van der Waals surface area (Å²) in [5, 5.41) is 6.94. The van der Waals surface area contributed by atoms with Crippen molar-refractivity contribution in [2.45, 2.75) is 4.90 Å². The number of nitrogens with two attached hydrogens (primary N) is 1. The first-order valence-corrected chi connectivity index (χ1v) is 3.77. The van der Waals surface area contributed by atoms with Crippen LogP contribution in [0.3, 0.4) is 0 Å². The summed E-state index contributed by atoms with van der Waals surface area (Å²) in [5.74, 6) is -0.280. The van der Waals surface area contributed by atoms with E-state index in [0.29, 0.717) is 0 Å². The van der Waals surface area contributed by atoms with Gasteiger partial charge in [-0.1, -0.05) is 11.8 Å². The van der Waals surface area contributed by atoms with Crippen LogP contribution in [0.5, 0.6) is 0 Å². The van der Waals surface area contributed by atoms with Gasteiger partial charge in [0.1, 0.15) is 5.82 Å². The highest BCUT2D eigenvalue weighted by molar-refractivity contribution is 8.13. The molecule has 0 aliphatic rings. The minimum Gasteiger partial charge on any atom is -0.378 e. The number of rotatable bonds is 1. The third kappa shape index (κ3) is 2.59. The van der Waals surface area contributed by atoms with Gasteiger partial charge in [0.05, 0.1) is 0 Å². The van der Waals surface area contributed by atoms with Gasteiger partial charge in [0.2, 0.25) is 0 Å². The lowest BCUT2D eigenvalue weighted by Gasteiger charge is -1.96. The van der Waals surface area contributed by atoms with E-state index < -0.39 is 0 Å². The van der Waals surface area contributed by atoms with Gasteiger partial charge < -0.3 is 5.73 Å². The van der Waals surface area contributed by atoms with Crippen LogP contribution >= 0.6 is 11.8 Å². The second kappa shape index (κ2) is 3.39. The zero-order valence-electron chi connectivity index (χ0n) is 5.67. The second-order valence-electron chi connectivity index (χ2n) is 1.92. The number of amidine groups is 1. The lowest BCUT2D eigenvalue weighted by Crippen LogP contribution is -2.02. The first kappa shape index (κ1) is 8.07. The molecule has 3 N–H and O–H groups in total. The summed E-state index contributed by atoms with van der Waals surface area (Å²) in [7, 11) is 0. The molecule has 0 unspecified atom stereocenters. The summed E-state index contributed by atoms with van der Waals surface area (Å²) in [6.45, 7) is 0. The van der Waals surface area contributed by atoms with Crippen LogP contribution in [0, 0.1) is 11.2 Å². The lowest BCUT2D eigenvalue weighted by atomic mass is 10.4. The van der Waals surface area contributed by atoms with Crippen LogP contribution in [0.1, 0.15) is 0 Å². The van der Waals surface area contributed by atoms with Crippen LogP contribution in [0.25, 0.3) is 0 Å². The van der Waals surface area contributed by atoms with E-state index in [-0.39, 0.29) is 11.0 Å². The molecule has 0 fully saturated rings. The molecule has 0 amide bonds. The highest BCUT2D eigenvalue weighted by Crippen LogP contribution is 2.16. The van der Waals surface area contributed by atoms with E-state index in [1.807, 2.05) is 0 Å². The van der Waals surface area contributed by atoms with E-state index in [9.17, 15) is 4.39 Å². The highest BCUT2D eigenvalue weighted by Gasteiger charge is 1.95. The number of benzene rings is 1. The third-order valence-corrected chi connectivity index (χ3v) is 1.77. The molecule has 0 spiro atoms. The molecule has 0 aliphatic carbocycles. The van der Waals surface area contributed by atoms with Crippen molar-refractivity contribution in [3.05, 3.63) is 30.1 Å². The second-order valence-corrected chi connectivity index (χ2v) is 3.04. The summed E-state index contributed by atoms with van der Waals surface area (Å²) in [6, 6.07) is 5.85. The average Bonchev–Trinajstić information content (AvgIpc) is 1.93. The van der Waals surface area contributed by atoms with Crippen molar-refractivity contribution >= 4 is 16.9 Å². The molecule has 0 saturated carbocycles. The van der Waals surface area contributed by atoms with E-state index in [1.54, 1.807) is 12.1 Å². The fraction of sp³-hybridized carbons (Fsp3) is 0. The molecule has 0 aromatic heterocycles. The van der Waals surface area contributed by atoms with E-state index in [0.717, 1.165) is 16.7 Å². The van der Waals surface area contributed by atoms with Crippen LogP contribution in [0.15, 0.2) is 29.2 Å². The van der Waals surface area contributed by atoms with Crippen LogP contribution < -0.4 is 5.73 Å². The maximum absolute atomic E-state index is 12.3. The van der Waals surface area contributed by atoms with Gasteiger partial charge in [-0.25, -0.2) is 4.39 Å². The van der Waals surface area contributed by atoms with Crippen molar-refractivity contribution in [1.29, 1.82) is 5.41 Å². The smallest absolute Gasteiger partial charge is 0.155 e. The fourth-order valence-corrected chi connectivity index (χ4v) is 1.16. The maximum atomic E-state index is 12.3. The molecule has 11 heavy (non-hydrogen) atoms. The molecule has 0 atom stereocenters. The molecule has 58 valence electrons. The van der Waals surface area contributed by atoms with Gasteiger partial charge in [0, 0.05) is 4.90 Å². The van der Waals surface area contributed by atoms with Crippen molar-refractivity contribution in [3.8, 4) is 0 Å². The molecule has 0 radical (unpaired) electrons. The maximum Gasteiger partial charge on any atom is 0.155 e. The standard InChI is InChI=1S/C7H7FN2S/c8-5-1-3-6(4-2-5)11-7(9)10/h1-4H,(H3,9,10). The van der Waals surface area contributed by atoms with Crippen molar-refractivity contribution < 1.29 is 4.39 Å². The fourth-order valence-electron chi connectivity index (χ4n) is 0.630. The first-order chi connectivity index (χ1) is 5.18. The third-order valence-electron chi connectivity index (χ3n) is 1.04. The summed E-state index contributed by atoms with van der Waals surface area (Å²) < 4.78 is 12.3. The molecule has 0 heterocycles. The van der Waals surface area contributed by atoms with Gasteiger partial charge >= 0.3 is 0 Å². The number of hydrogen-bond acceptors (Lipinski definition) is 2. The molecule has 0 saturated heterocycles. The van der Waals surface area contributed by atoms with Gasteiger partial charge in [0.25, 0.3) is 0 Å². The Morgan fingerprint density at radius 1 is 1.36 bits per heavy atom. The Morgan fingerprint density at radius 2 is 1.91 bits per heavy atom. The van der Waals surface area contributed by atoms with E-state index in [4.69, 9.17) is 11.1 Å². The molecule has 4 heteroatoms. The number of thioether (sulfide) groups is 1. The van der Waals surface area contributed by atoms with Crippen LogP contribution in [0.4, 0.5) is 4.39 Å². The molecular formula is C7H7FN2S. The normalized spacial score (nSPS) is 9.55. The predicted octanol–water partition coefficient (Wildman–Crippen LogP) is 1.81. The zero-order chi connectivity index (χ0) is 8.27. The molecule has 2 nitrogen and oxygen atoms in total. The first-order valence-electron chi connectivity index (χ1n) is 2.96. The molecule has 1 aromatic rings. The Labute approximate surface area is 68.1 Å². The molecule has 0 aliphatic heterocycles. The van der Waals surface area contributed by atoms with Crippen LogP contribution in [-0.2, 0) is 0 Å². The number of hydrogen-bond donors (Lipinski definition) is 2. The summed E-state index contributed by atoms with van der Waals surface area (Å²) in [5.41, 5.74) is 5.12. The number of nitrogens with one attached hydrogen (secondary N) is 1.